The van der Waals surface area contributed by atoms with Crippen molar-refractivity contribution in [2.45, 2.75) is 53.1 Å². The largest absolute Gasteiger partial charge is 0.481 e. The molecule has 2 aromatic rings. The van der Waals surface area contributed by atoms with Crippen LogP contribution in [0.2, 0.25) is 5.02 Å². The third kappa shape index (κ3) is 4.93. The molecule has 1 aliphatic rings. The molecule has 3 N–H and O–H groups in total. The average molecular weight is 435 g/mol. The summed E-state index contributed by atoms with van der Waals surface area (Å²) in [6.45, 7) is 8.37. The van der Waals surface area contributed by atoms with Gasteiger partial charge in [-0.25, -0.2) is 0 Å². The van der Waals surface area contributed by atoms with Crippen LogP contribution in [0.1, 0.15) is 54.9 Å². The van der Waals surface area contributed by atoms with Gasteiger partial charge in [0.15, 0.2) is 6.10 Å². The Morgan fingerprint density at radius 2 is 2.07 bits per heavy atom. The van der Waals surface area contributed by atoms with Gasteiger partial charge in [-0.1, -0.05) is 38.4 Å². The number of fused-ring (bicyclic) bond motifs is 1. The Kier molecular flexibility index (Phi) is 6.24. The lowest BCUT2D eigenvalue weighted by atomic mass is 9.72. The first-order chi connectivity index (χ1) is 13.6. The Bertz CT molecular complexity index is 933. The lowest BCUT2D eigenvalue weighted by Gasteiger charge is -2.33. The van der Waals surface area contributed by atoms with Gasteiger partial charge in [0.2, 0.25) is 0 Å². The lowest BCUT2D eigenvalue weighted by molar-refractivity contribution is -0.122. The summed E-state index contributed by atoms with van der Waals surface area (Å²) in [4.78, 5) is 26.0. The van der Waals surface area contributed by atoms with E-state index in [1.54, 1.807) is 31.2 Å². The van der Waals surface area contributed by atoms with Gasteiger partial charge in [-0.2, -0.15) is 0 Å². The molecule has 1 aromatic heterocycles. The van der Waals surface area contributed by atoms with Crippen LogP contribution in [0.25, 0.3) is 0 Å². The van der Waals surface area contributed by atoms with Crippen molar-refractivity contribution in [3.8, 4) is 5.75 Å². The van der Waals surface area contributed by atoms with E-state index in [1.807, 2.05) is 0 Å². The van der Waals surface area contributed by atoms with Crippen LogP contribution >= 0.6 is 22.9 Å². The Morgan fingerprint density at radius 1 is 1.34 bits per heavy atom. The molecular weight excluding hydrogens is 408 g/mol. The van der Waals surface area contributed by atoms with Gasteiger partial charge in [0.05, 0.1) is 5.56 Å². The van der Waals surface area contributed by atoms with E-state index >= 15 is 0 Å². The molecule has 0 aliphatic heterocycles. The van der Waals surface area contributed by atoms with E-state index in [2.05, 4.69) is 26.1 Å². The van der Waals surface area contributed by atoms with Gasteiger partial charge in [-0.05, 0) is 61.3 Å². The number of carbonyl (C=O) groups is 2. The van der Waals surface area contributed by atoms with Crippen molar-refractivity contribution in [2.24, 2.45) is 17.1 Å². The highest BCUT2D eigenvalue weighted by atomic mass is 35.5. The second-order valence-corrected chi connectivity index (χ2v) is 10.1. The van der Waals surface area contributed by atoms with Crippen LogP contribution in [0.15, 0.2) is 24.3 Å². The van der Waals surface area contributed by atoms with Crippen molar-refractivity contribution < 1.29 is 14.3 Å². The summed E-state index contributed by atoms with van der Waals surface area (Å²) in [5, 5.41) is 3.91. The van der Waals surface area contributed by atoms with E-state index in [1.165, 1.54) is 11.3 Å². The standard InChI is InChI=1S/C22H27ClN2O3S/c1-12(28-15-7-5-6-14(23)11-15)20(27)25-21-18(19(24)26)16-9-8-13(22(2,3)4)10-17(16)29-21/h5-7,11-13H,8-10H2,1-4H3,(H2,24,26)(H,25,27)/t12-,13+/m1/s1. The maximum atomic E-state index is 12.7. The molecule has 2 amide bonds. The van der Waals surface area contributed by atoms with Crippen molar-refractivity contribution in [3.05, 3.63) is 45.3 Å². The number of ether oxygens (including phenoxy) is 1. The highest BCUT2D eigenvalue weighted by Crippen LogP contribution is 2.44. The van der Waals surface area contributed by atoms with Gasteiger partial charge in [-0.15, -0.1) is 11.3 Å². The normalized spacial score (nSPS) is 17.3. The number of halogens is 1. The first-order valence-corrected chi connectivity index (χ1v) is 10.9. The molecule has 1 aliphatic carbocycles. The van der Waals surface area contributed by atoms with Crippen LogP contribution in [0.4, 0.5) is 5.00 Å². The van der Waals surface area contributed by atoms with E-state index in [9.17, 15) is 9.59 Å². The zero-order valence-electron chi connectivity index (χ0n) is 17.2. The molecular formula is C22H27ClN2O3S. The second kappa shape index (κ2) is 8.36. The van der Waals surface area contributed by atoms with E-state index in [-0.39, 0.29) is 11.3 Å². The molecule has 1 aromatic carbocycles. The van der Waals surface area contributed by atoms with Gasteiger partial charge in [-0.3, -0.25) is 9.59 Å². The van der Waals surface area contributed by atoms with Gasteiger partial charge in [0.25, 0.3) is 11.8 Å². The van der Waals surface area contributed by atoms with E-state index < -0.39 is 12.0 Å². The highest BCUT2D eigenvalue weighted by molar-refractivity contribution is 7.17. The van der Waals surface area contributed by atoms with Crippen molar-refractivity contribution in [1.82, 2.24) is 0 Å². The highest BCUT2D eigenvalue weighted by Gasteiger charge is 2.33. The van der Waals surface area contributed by atoms with Crippen LogP contribution in [-0.2, 0) is 17.6 Å². The Morgan fingerprint density at radius 3 is 2.69 bits per heavy atom. The lowest BCUT2D eigenvalue weighted by Crippen LogP contribution is -2.30. The fraction of sp³-hybridized carbons (Fsp3) is 0.455. The van der Waals surface area contributed by atoms with Gasteiger partial charge >= 0.3 is 0 Å². The smallest absolute Gasteiger partial charge is 0.265 e. The fourth-order valence-corrected chi connectivity index (χ4v) is 5.20. The summed E-state index contributed by atoms with van der Waals surface area (Å²) >= 11 is 7.42. The molecule has 0 fully saturated rings. The number of rotatable bonds is 5. The Balaban J connectivity index is 1.79. The van der Waals surface area contributed by atoms with Crippen molar-refractivity contribution in [1.29, 1.82) is 0 Å². The Hall–Kier alpha value is -2.05. The van der Waals surface area contributed by atoms with Crippen LogP contribution in [0.3, 0.4) is 0 Å². The molecule has 3 rings (SSSR count). The molecule has 156 valence electrons. The molecule has 2 atom stereocenters. The number of amides is 2. The Labute approximate surface area is 180 Å². The van der Waals surface area contributed by atoms with Crippen molar-refractivity contribution >= 4 is 39.8 Å². The predicted octanol–water partition coefficient (Wildman–Crippen LogP) is 5.06. The first-order valence-electron chi connectivity index (χ1n) is 9.73. The minimum atomic E-state index is -0.754. The van der Waals surface area contributed by atoms with Crippen molar-refractivity contribution in [2.75, 3.05) is 5.32 Å². The molecule has 1 heterocycles. The molecule has 0 spiro atoms. The number of anilines is 1. The number of hydrogen-bond donors (Lipinski definition) is 2. The van der Waals surface area contributed by atoms with Crippen LogP contribution in [0, 0.1) is 11.3 Å². The maximum absolute atomic E-state index is 12.7. The van der Waals surface area contributed by atoms with Crippen LogP contribution in [-0.4, -0.2) is 17.9 Å². The fourth-order valence-electron chi connectivity index (χ4n) is 3.69. The van der Waals surface area contributed by atoms with Gasteiger partial charge in [0.1, 0.15) is 10.8 Å². The van der Waals surface area contributed by atoms with Gasteiger partial charge < -0.3 is 15.8 Å². The summed E-state index contributed by atoms with van der Waals surface area (Å²) in [5.74, 6) is 0.200. The molecule has 0 saturated carbocycles. The number of benzene rings is 1. The number of nitrogens with one attached hydrogen (secondary N) is 1. The van der Waals surface area contributed by atoms with E-state index in [0.29, 0.717) is 27.3 Å². The zero-order chi connectivity index (χ0) is 21.3. The molecule has 29 heavy (non-hydrogen) atoms. The SMILES string of the molecule is C[C@@H](Oc1cccc(Cl)c1)C(=O)Nc1sc2c(c1C(N)=O)CC[C@H](C(C)(C)C)C2. The first kappa shape index (κ1) is 21.7. The van der Waals surface area contributed by atoms with Crippen LogP contribution < -0.4 is 15.8 Å². The monoisotopic (exact) mass is 434 g/mol. The minimum absolute atomic E-state index is 0.192. The molecule has 0 unspecified atom stereocenters. The van der Waals surface area contributed by atoms with Crippen molar-refractivity contribution in [3.63, 3.8) is 0 Å². The average Bonchev–Trinajstić information content (AvgIpc) is 2.98. The molecule has 0 radical (unpaired) electrons. The quantitative estimate of drug-likeness (QED) is 0.690. The number of primary amides is 1. The number of carbonyl (C=O) groups excluding carboxylic acids is 2. The predicted molar refractivity (Wildman–Crippen MR) is 118 cm³/mol. The summed E-state index contributed by atoms with van der Waals surface area (Å²) in [7, 11) is 0. The molecule has 7 heteroatoms. The zero-order valence-corrected chi connectivity index (χ0v) is 18.7. The van der Waals surface area contributed by atoms with Crippen LogP contribution in [0.5, 0.6) is 5.75 Å². The maximum Gasteiger partial charge on any atom is 0.265 e. The summed E-state index contributed by atoms with van der Waals surface area (Å²) in [6.07, 6.45) is 1.95. The summed E-state index contributed by atoms with van der Waals surface area (Å²) < 4.78 is 5.69. The van der Waals surface area contributed by atoms with Gasteiger partial charge in [0, 0.05) is 9.90 Å². The number of hydrogen-bond acceptors (Lipinski definition) is 4. The number of thiophene rings is 1. The summed E-state index contributed by atoms with van der Waals surface area (Å²) in [6, 6.07) is 6.88. The summed E-state index contributed by atoms with van der Waals surface area (Å²) in [5.41, 5.74) is 7.29. The second-order valence-electron chi connectivity index (χ2n) is 8.58. The molecule has 0 saturated heterocycles. The third-order valence-electron chi connectivity index (χ3n) is 5.45. The van der Waals surface area contributed by atoms with E-state index in [4.69, 9.17) is 22.1 Å². The number of nitrogens with two attached hydrogens (primary N) is 1. The minimum Gasteiger partial charge on any atom is -0.481 e. The van der Waals surface area contributed by atoms with E-state index in [0.717, 1.165) is 29.7 Å². The molecule has 5 nitrogen and oxygen atoms in total. The topological polar surface area (TPSA) is 81.4 Å². The molecule has 0 bridgehead atoms. The third-order valence-corrected chi connectivity index (χ3v) is 6.86.